The molecule has 3 rings (SSSR count). The molecule has 3 aromatic heterocycles. The largest absolute Gasteiger partial charge is 0.462 e. The van der Waals surface area contributed by atoms with Gasteiger partial charge in [0.2, 0.25) is 0 Å². The van der Waals surface area contributed by atoms with Crippen molar-refractivity contribution in [2.24, 2.45) is 0 Å². The molecule has 21 heavy (non-hydrogen) atoms. The maximum Gasteiger partial charge on any atom is 0.345 e. The Hall–Kier alpha value is -3.03. The first-order chi connectivity index (χ1) is 10.2. The van der Waals surface area contributed by atoms with Crippen molar-refractivity contribution >= 4 is 17.4 Å². The Morgan fingerprint density at radius 1 is 1.33 bits per heavy atom. The highest BCUT2D eigenvalue weighted by Crippen LogP contribution is 2.20. The second kappa shape index (κ2) is 5.16. The van der Waals surface area contributed by atoms with Crippen LogP contribution < -0.4 is 5.73 Å². The van der Waals surface area contributed by atoms with Gasteiger partial charge in [0.1, 0.15) is 5.56 Å². The number of hydrogen-bond acceptors (Lipinski definition) is 7. The smallest absolute Gasteiger partial charge is 0.345 e. The summed E-state index contributed by atoms with van der Waals surface area (Å²) in [5.41, 5.74) is 7.66. The first kappa shape index (κ1) is 13.0. The van der Waals surface area contributed by atoms with Crippen molar-refractivity contribution in [3.05, 3.63) is 36.5 Å². The summed E-state index contributed by atoms with van der Waals surface area (Å²) in [7, 11) is 0. The van der Waals surface area contributed by atoms with Gasteiger partial charge in [-0.3, -0.25) is 9.97 Å². The van der Waals surface area contributed by atoms with E-state index in [9.17, 15) is 4.79 Å². The molecule has 0 fully saturated rings. The number of nitrogen functional groups attached to an aromatic ring is 1. The van der Waals surface area contributed by atoms with Crippen LogP contribution in [0, 0.1) is 0 Å². The fourth-order valence-electron chi connectivity index (χ4n) is 1.93. The normalized spacial score (nSPS) is 10.7. The minimum Gasteiger partial charge on any atom is -0.462 e. The Bertz CT molecular complexity index is 799. The van der Waals surface area contributed by atoms with Crippen molar-refractivity contribution in [2.45, 2.75) is 6.92 Å². The zero-order valence-electron chi connectivity index (χ0n) is 11.2. The average molecular weight is 284 g/mol. The van der Waals surface area contributed by atoms with Gasteiger partial charge in [-0.15, -0.1) is 5.10 Å². The van der Waals surface area contributed by atoms with Gasteiger partial charge in [-0.2, -0.15) is 0 Å². The van der Waals surface area contributed by atoms with Crippen molar-refractivity contribution in [3.63, 3.8) is 0 Å². The zero-order valence-corrected chi connectivity index (χ0v) is 11.2. The number of hydrogen-bond donors (Lipinski definition) is 1. The van der Waals surface area contributed by atoms with E-state index in [4.69, 9.17) is 10.5 Å². The monoisotopic (exact) mass is 284 g/mol. The first-order valence-electron chi connectivity index (χ1n) is 6.28. The molecule has 3 aromatic rings. The SMILES string of the molecule is CCOC(=O)c1c(N)nn2cc(-c3cnccn3)cnc12. The van der Waals surface area contributed by atoms with Crippen LogP contribution in [0.15, 0.2) is 31.0 Å². The minimum absolute atomic E-state index is 0.0808. The molecule has 0 aromatic carbocycles. The number of fused-ring (bicyclic) bond motifs is 1. The van der Waals surface area contributed by atoms with Crippen molar-refractivity contribution in [1.29, 1.82) is 0 Å². The summed E-state index contributed by atoms with van der Waals surface area (Å²) in [6.45, 7) is 1.98. The van der Waals surface area contributed by atoms with E-state index < -0.39 is 5.97 Å². The van der Waals surface area contributed by atoms with E-state index in [2.05, 4.69) is 20.1 Å². The third-order valence-electron chi connectivity index (χ3n) is 2.84. The summed E-state index contributed by atoms with van der Waals surface area (Å²) >= 11 is 0. The molecule has 3 heterocycles. The van der Waals surface area contributed by atoms with Crippen LogP contribution in [0.2, 0.25) is 0 Å². The van der Waals surface area contributed by atoms with E-state index in [0.29, 0.717) is 16.9 Å². The Labute approximate surface area is 119 Å². The van der Waals surface area contributed by atoms with Crippen LogP contribution in [0.1, 0.15) is 17.3 Å². The van der Waals surface area contributed by atoms with Crippen molar-refractivity contribution < 1.29 is 9.53 Å². The van der Waals surface area contributed by atoms with Gasteiger partial charge in [0, 0.05) is 30.4 Å². The first-order valence-corrected chi connectivity index (χ1v) is 6.28. The van der Waals surface area contributed by atoms with E-state index in [1.165, 1.54) is 4.52 Å². The highest BCUT2D eigenvalue weighted by molar-refractivity contribution is 6.00. The Morgan fingerprint density at radius 3 is 2.90 bits per heavy atom. The van der Waals surface area contributed by atoms with Gasteiger partial charge in [0.05, 0.1) is 18.5 Å². The summed E-state index contributed by atoms with van der Waals surface area (Å²) in [6, 6.07) is 0. The Balaban J connectivity index is 2.11. The van der Waals surface area contributed by atoms with Crippen LogP contribution in [0.4, 0.5) is 5.82 Å². The zero-order chi connectivity index (χ0) is 14.8. The molecule has 0 atom stereocenters. The lowest BCUT2D eigenvalue weighted by molar-refractivity contribution is 0.0529. The van der Waals surface area contributed by atoms with Crippen LogP contribution in [-0.4, -0.2) is 37.1 Å². The number of nitrogens with zero attached hydrogens (tertiary/aromatic N) is 5. The number of anilines is 1. The van der Waals surface area contributed by atoms with Crippen LogP contribution >= 0.6 is 0 Å². The molecule has 106 valence electrons. The maximum absolute atomic E-state index is 11.9. The number of aromatic nitrogens is 5. The second-order valence-electron chi connectivity index (χ2n) is 4.18. The molecule has 0 amide bonds. The van der Waals surface area contributed by atoms with Crippen molar-refractivity contribution in [1.82, 2.24) is 24.6 Å². The molecule has 0 saturated carbocycles. The predicted octanol–water partition coefficient (Wildman–Crippen LogP) is 0.945. The number of esters is 1. The van der Waals surface area contributed by atoms with Gasteiger partial charge in [-0.05, 0) is 6.92 Å². The number of ether oxygens (including phenoxy) is 1. The fraction of sp³-hybridized carbons (Fsp3) is 0.154. The maximum atomic E-state index is 11.9. The number of nitrogens with two attached hydrogens (primary N) is 1. The van der Waals surface area contributed by atoms with Crippen LogP contribution in [-0.2, 0) is 4.74 Å². The van der Waals surface area contributed by atoms with Crippen LogP contribution in [0.5, 0.6) is 0 Å². The summed E-state index contributed by atoms with van der Waals surface area (Å²) in [4.78, 5) is 24.3. The molecule has 0 aliphatic heterocycles. The lowest BCUT2D eigenvalue weighted by Crippen LogP contribution is -2.07. The quantitative estimate of drug-likeness (QED) is 0.713. The molecule has 0 aliphatic rings. The molecular weight excluding hydrogens is 272 g/mol. The predicted molar refractivity (Wildman–Crippen MR) is 74.4 cm³/mol. The summed E-state index contributed by atoms with van der Waals surface area (Å²) in [5.74, 6) is -0.456. The van der Waals surface area contributed by atoms with Crippen molar-refractivity contribution in [3.8, 4) is 11.3 Å². The van der Waals surface area contributed by atoms with Gasteiger partial charge in [-0.25, -0.2) is 14.3 Å². The third kappa shape index (κ3) is 2.27. The van der Waals surface area contributed by atoms with E-state index in [1.807, 2.05) is 0 Å². The Kier molecular flexibility index (Phi) is 3.19. The molecule has 8 nitrogen and oxygen atoms in total. The van der Waals surface area contributed by atoms with E-state index in [1.54, 1.807) is 37.9 Å². The average Bonchev–Trinajstić information content (AvgIpc) is 2.83. The van der Waals surface area contributed by atoms with Crippen molar-refractivity contribution in [2.75, 3.05) is 12.3 Å². The molecule has 0 bridgehead atoms. The third-order valence-corrected chi connectivity index (χ3v) is 2.84. The van der Waals surface area contributed by atoms with Crippen LogP contribution in [0.25, 0.3) is 16.9 Å². The van der Waals surface area contributed by atoms with Gasteiger partial charge < -0.3 is 10.5 Å². The van der Waals surface area contributed by atoms with Gasteiger partial charge in [-0.1, -0.05) is 0 Å². The fourth-order valence-corrected chi connectivity index (χ4v) is 1.93. The molecule has 0 spiro atoms. The van der Waals surface area contributed by atoms with Gasteiger partial charge in [0.15, 0.2) is 11.5 Å². The number of carbonyl (C=O) groups excluding carboxylic acids is 1. The molecule has 8 heteroatoms. The highest BCUT2D eigenvalue weighted by Gasteiger charge is 2.20. The summed E-state index contributed by atoms with van der Waals surface area (Å²) in [6.07, 6.45) is 8.05. The number of carbonyl (C=O) groups is 1. The Morgan fingerprint density at radius 2 is 2.19 bits per heavy atom. The van der Waals surface area contributed by atoms with E-state index >= 15 is 0 Å². The molecular formula is C13H12N6O2. The van der Waals surface area contributed by atoms with Gasteiger partial charge >= 0.3 is 5.97 Å². The molecule has 0 saturated heterocycles. The van der Waals surface area contributed by atoms with E-state index in [-0.39, 0.29) is 18.0 Å². The van der Waals surface area contributed by atoms with Crippen LogP contribution in [0.3, 0.4) is 0 Å². The molecule has 0 unspecified atom stereocenters. The lowest BCUT2D eigenvalue weighted by Gasteiger charge is -2.01. The highest BCUT2D eigenvalue weighted by atomic mass is 16.5. The number of rotatable bonds is 3. The summed E-state index contributed by atoms with van der Waals surface area (Å²) < 4.78 is 6.39. The minimum atomic E-state index is -0.537. The standard InChI is InChI=1S/C13H12N6O2/c1-2-21-13(20)10-11(14)18-19-7-8(5-17-12(10)19)9-6-15-3-4-16-9/h3-7H,2H2,1H3,(H2,14,18). The summed E-state index contributed by atoms with van der Waals surface area (Å²) in [5, 5.41) is 4.09. The molecule has 0 radical (unpaired) electrons. The van der Waals surface area contributed by atoms with E-state index in [0.717, 1.165) is 0 Å². The lowest BCUT2D eigenvalue weighted by atomic mass is 10.2. The molecule has 0 aliphatic carbocycles. The van der Waals surface area contributed by atoms with Gasteiger partial charge in [0.25, 0.3) is 0 Å². The second-order valence-corrected chi connectivity index (χ2v) is 4.18. The topological polar surface area (TPSA) is 108 Å². The molecule has 2 N–H and O–H groups in total.